The molecule has 0 aromatic heterocycles. The summed E-state index contributed by atoms with van der Waals surface area (Å²) in [7, 11) is 0. The van der Waals surface area contributed by atoms with Crippen molar-refractivity contribution in [1.29, 1.82) is 0 Å². The minimum absolute atomic E-state index is 0.0591. The molecule has 19 heavy (non-hydrogen) atoms. The van der Waals surface area contributed by atoms with E-state index in [1.54, 1.807) is 0 Å². The lowest BCUT2D eigenvalue weighted by Gasteiger charge is -2.09. The van der Waals surface area contributed by atoms with E-state index in [4.69, 9.17) is 11.6 Å². The van der Waals surface area contributed by atoms with Crippen molar-refractivity contribution in [2.45, 2.75) is 6.54 Å². The predicted molar refractivity (Wildman–Crippen MR) is 65.1 cm³/mol. The Morgan fingerprint density at radius 1 is 0.947 bits per heavy atom. The van der Waals surface area contributed by atoms with Crippen LogP contribution in [0.2, 0.25) is 5.02 Å². The van der Waals surface area contributed by atoms with Crippen molar-refractivity contribution in [2.24, 2.45) is 0 Å². The summed E-state index contributed by atoms with van der Waals surface area (Å²) in [4.78, 5) is 0. The molecule has 0 aliphatic heterocycles. The zero-order valence-corrected chi connectivity index (χ0v) is 10.2. The second kappa shape index (κ2) is 5.48. The maximum atomic E-state index is 13.4. The fourth-order valence-corrected chi connectivity index (χ4v) is 1.74. The van der Waals surface area contributed by atoms with E-state index in [9.17, 15) is 17.6 Å². The second-order valence-corrected chi connectivity index (χ2v) is 4.25. The summed E-state index contributed by atoms with van der Waals surface area (Å²) in [6, 6.07) is 4.93. The molecule has 0 unspecified atom stereocenters. The Hall–Kier alpha value is -1.75. The molecule has 0 heterocycles. The van der Waals surface area contributed by atoms with Crippen LogP contribution in [-0.4, -0.2) is 0 Å². The van der Waals surface area contributed by atoms with Gasteiger partial charge in [0, 0.05) is 23.7 Å². The molecule has 6 heteroatoms. The summed E-state index contributed by atoms with van der Waals surface area (Å²) in [5.74, 6) is -3.92. The van der Waals surface area contributed by atoms with E-state index in [0.717, 1.165) is 12.1 Å². The molecule has 0 saturated heterocycles. The van der Waals surface area contributed by atoms with Crippen LogP contribution in [0, 0.1) is 23.3 Å². The van der Waals surface area contributed by atoms with Crippen LogP contribution in [0.4, 0.5) is 23.2 Å². The van der Waals surface area contributed by atoms with Crippen molar-refractivity contribution in [3.05, 3.63) is 64.2 Å². The Balaban J connectivity index is 2.21. The standard InChI is InChI=1S/C13H8ClF4N/c14-10-2-1-8(15)3-7(10)6-19-12-5-9(16)4-11(17)13(12)18/h1-5,19H,6H2. The Kier molecular flexibility index (Phi) is 3.95. The Morgan fingerprint density at radius 2 is 1.68 bits per heavy atom. The van der Waals surface area contributed by atoms with E-state index in [-0.39, 0.29) is 17.3 Å². The molecular weight excluding hydrogens is 282 g/mol. The van der Waals surface area contributed by atoms with Gasteiger partial charge in [-0.2, -0.15) is 0 Å². The van der Waals surface area contributed by atoms with E-state index in [1.807, 2.05) is 0 Å². The first-order valence-corrected chi connectivity index (χ1v) is 5.67. The molecule has 2 aromatic carbocycles. The van der Waals surface area contributed by atoms with Gasteiger partial charge in [0.15, 0.2) is 11.6 Å². The van der Waals surface area contributed by atoms with Crippen LogP contribution in [0.25, 0.3) is 0 Å². The first-order chi connectivity index (χ1) is 8.97. The van der Waals surface area contributed by atoms with Crippen molar-refractivity contribution >= 4 is 17.3 Å². The van der Waals surface area contributed by atoms with Crippen molar-refractivity contribution in [3.8, 4) is 0 Å². The summed E-state index contributed by atoms with van der Waals surface area (Å²) in [5.41, 5.74) is 0.00330. The fourth-order valence-electron chi connectivity index (χ4n) is 1.55. The second-order valence-electron chi connectivity index (χ2n) is 3.84. The third-order valence-electron chi connectivity index (χ3n) is 2.47. The van der Waals surface area contributed by atoms with Gasteiger partial charge >= 0.3 is 0 Å². The number of hydrogen-bond donors (Lipinski definition) is 1. The lowest BCUT2D eigenvalue weighted by Crippen LogP contribution is -2.04. The smallest absolute Gasteiger partial charge is 0.182 e. The minimum Gasteiger partial charge on any atom is -0.378 e. The van der Waals surface area contributed by atoms with Crippen LogP contribution in [0.5, 0.6) is 0 Å². The minimum atomic E-state index is -1.30. The van der Waals surface area contributed by atoms with Gasteiger partial charge in [-0.1, -0.05) is 11.6 Å². The van der Waals surface area contributed by atoms with E-state index >= 15 is 0 Å². The summed E-state index contributed by atoms with van der Waals surface area (Å²) in [6.45, 7) is -0.0591. The molecule has 0 aliphatic rings. The molecule has 1 N–H and O–H groups in total. The van der Waals surface area contributed by atoms with Gasteiger partial charge in [0.05, 0.1) is 5.69 Å². The number of anilines is 1. The lowest BCUT2D eigenvalue weighted by molar-refractivity contribution is 0.497. The van der Waals surface area contributed by atoms with Crippen molar-refractivity contribution in [3.63, 3.8) is 0 Å². The van der Waals surface area contributed by atoms with Crippen LogP contribution in [-0.2, 0) is 6.54 Å². The van der Waals surface area contributed by atoms with Crippen LogP contribution in [0.15, 0.2) is 30.3 Å². The summed E-state index contributed by atoms with van der Waals surface area (Å²) >= 11 is 5.82. The Bertz CT molecular complexity index is 616. The monoisotopic (exact) mass is 289 g/mol. The number of benzene rings is 2. The Morgan fingerprint density at radius 3 is 2.42 bits per heavy atom. The maximum absolute atomic E-state index is 13.4. The van der Waals surface area contributed by atoms with E-state index in [2.05, 4.69) is 5.32 Å². The average Bonchev–Trinajstić information content (AvgIpc) is 2.35. The van der Waals surface area contributed by atoms with Gasteiger partial charge in [-0.05, 0) is 23.8 Å². The van der Waals surface area contributed by atoms with Gasteiger partial charge in [0.1, 0.15) is 11.6 Å². The van der Waals surface area contributed by atoms with Crippen LogP contribution in [0.3, 0.4) is 0 Å². The van der Waals surface area contributed by atoms with E-state index in [1.165, 1.54) is 12.1 Å². The Labute approximate surface area is 111 Å². The highest BCUT2D eigenvalue weighted by Gasteiger charge is 2.11. The van der Waals surface area contributed by atoms with Crippen LogP contribution >= 0.6 is 11.6 Å². The third-order valence-corrected chi connectivity index (χ3v) is 2.84. The number of rotatable bonds is 3. The lowest BCUT2D eigenvalue weighted by atomic mass is 10.2. The predicted octanol–water partition coefficient (Wildman–Crippen LogP) is 4.51. The quantitative estimate of drug-likeness (QED) is 0.647. The highest BCUT2D eigenvalue weighted by atomic mass is 35.5. The summed E-state index contributed by atoms with van der Waals surface area (Å²) in [6.07, 6.45) is 0. The molecular formula is C13H8ClF4N. The molecule has 0 radical (unpaired) electrons. The van der Waals surface area contributed by atoms with Gasteiger partial charge in [0.2, 0.25) is 0 Å². The first-order valence-electron chi connectivity index (χ1n) is 5.29. The molecule has 0 spiro atoms. The maximum Gasteiger partial charge on any atom is 0.182 e. The summed E-state index contributed by atoms with van der Waals surface area (Å²) < 4.78 is 52.3. The van der Waals surface area contributed by atoms with E-state index in [0.29, 0.717) is 11.6 Å². The normalized spacial score (nSPS) is 10.6. The molecule has 1 nitrogen and oxygen atoms in total. The van der Waals surface area contributed by atoms with Crippen molar-refractivity contribution in [1.82, 2.24) is 0 Å². The molecule has 0 saturated carbocycles. The first kappa shape index (κ1) is 13.7. The third kappa shape index (κ3) is 3.17. The van der Waals surface area contributed by atoms with Crippen LogP contribution in [0.1, 0.15) is 5.56 Å². The SMILES string of the molecule is Fc1ccc(Cl)c(CNc2cc(F)cc(F)c2F)c1. The van der Waals surface area contributed by atoms with Crippen molar-refractivity contribution in [2.75, 3.05) is 5.32 Å². The summed E-state index contributed by atoms with van der Waals surface area (Å²) in [5, 5.41) is 2.74. The highest BCUT2D eigenvalue weighted by molar-refractivity contribution is 6.31. The number of halogens is 5. The molecule has 0 atom stereocenters. The zero-order valence-electron chi connectivity index (χ0n) is 9.48. The highest BCUT2D eigenvalue weighted by Crippen LogP contribution is 2.22. The van der Waals surface area contributed by atoms with E-state index < -0.39 is 23.3 Å². The molecule has 0 fully saturated rings. The largest absolute Gasteiger partial charge is 0.378 e. The number of hydrogen-bond acceptors (Lipinski definition) is 1. The van der Waals surface area contributed by atoms with Crippen LogP contribution < -0.4 is 5.32 Å². The molecule has 0 amide bonds. The number of nitrogens with one attached hydrogen (secondary N) is 1. The van der Waals surface area contributed by atoms with Crippen molar-refractivity contribution < 1.29 is 17.6 Å². The van der Waals surface area contributed by atoms with Gasteiger partial charge < -0.3 is 5.32 Å². The van der Waals surface area contributed by atoms with Gasteiger partial charge in [-0.15, -0.1) is 0 Å². The molecule has 0 bridgehead atoms. The molecule has 2 aromatic rings. The zero-order chi connectivity index (χ0) is 14.0. The van der Waals surface area contributed by atoms with Gasteiger partial charge in [-0.3, -0.25) is 0 Å². The van der Waals surface area contributed by atoms with Gasteiger partial charge in [-0.25, -0.2) is 17.6 Å². The molecule has 100 valence electrons. The van der Waals surface area contributed by atoms with Gasteiger partial charge in [0.25, 0.3) is 0 Å². The topological polar surface area (TPSA) is 12.0 Å². The molecule has 2 rings (SSSR count). The molecule has 0 aliphatic carbocycles. The average molecular weight is 290 g/mol. The fraction of sp³-hybridized carbons (Fsp3) is 0.0769.